The number of allylic oxidation sites excluding steroid dienone is 4. The number of esters is 1. The van der Waals surface area contributed by atoms with Crippen molar-refractivity contribution in [3.05, 3.63) is 77.5 Å². The van der Waals surface area contributed by atoms with Gasteiger partial charge in [0.1, 0.15) is 15.9 Å². The molecule has 0 spiro atoms. The summed E-state index contributed by atoms with van der Waals surface area (Å²) in [6.45, 7) is 1.38. The summed E-state index contributed by atoms with van der Waals surface area (Å²) < 4.78 is 82.5. The molecular weight excluding hydrogens is 805 g/mol. The second-order valence-electron chi connectivity index (χ2n) is 9.83. The Kier molecular flexibility index (Phi) is 14.1. The topological polar surface area (TPSA) is 303 Å². The first kappa shape index (κ1) is 41.7. The average Bonchev–Trinajstić information content (AvgIpc) is 3.62. The lowest BCUT2D eigenvalue weighted by Crippen LogP contribution is -2.23. The Morgan fingerprint density at radius 2 is 1.52 bits per heavy atom. The predicted octanol–water partition coefficient (Wildman–Crippen LogP) is 3.73. The molecule has 1 amide bonds. The Morgan fingerprint density at radius 3 is 2.07 bits per heavy atom. The predicted molar refractivity (Wildman–Crippen MR) is 184 cm³/mol. The molecule has 25 heteroatoms. The first-order chi connectivity index (χ1) is 25.7. The van der Waals surface area contributed by atoms with E-state index in [0.717, 1.165) is 30.3 Å². The van der Waals surface area contributed by atoms with Gasteiger partial charge in [-0.25, -0.2) is 15.3 Å². The fourth-order valence-corrected chi connectivity index (χ4v) is 6.56. The van der Waals surface area contributed by atoms with Gasteiger partial charge in [-0.05, 0) is 55.5 Å². The van der Waals surface area contributed by atoms with Crippen molar-refractivity contribution < 1.29 is 79.7 Å². The van der Waals surface area contributed by atoms with Crippen LogP contribution in [0.15, 0.2) is 91.0 Å². The van der Waals surface area contributed by atoms with Crippen molar-refractivity contribution in [1.82, 2.24) is 9.78 Å². The molecule has 0 bridgehead atoms. The summed E-state index contributed by atoms with van der Waals surface area (Å²) in [5.74, 6) is -0.411. The Hall–Kier alpha value is -5.08. The van der Waals surface area contributed by atoms with Crippen LogP contribution >= 0.6 is 24.1 Å². The van der Waals surface area contributed by atoms with E-state index in [1.165, 1.54) is 43.4 Å². The van der Waals surface area contributed by atoms with Gasteiger partial charge in [-0.1, -0.05) is 34.2 Å². The number of aliphatic hydroxyl groups excluding tert-OH is 1. The van der Waals surface area contributed by atoms with Crippen molar-refractivity contribution in [1.29, 1.82) is 0 Å². The number of hydrogen-bond donors (Lipinski definition) is 6. The second-order valence-corrected chi connectivity index (χ2v) is 14.2. The van der Waals surface area contributed by atoms with Crippen LogP contribution in [0.25, 0.3) is 11.8 Å². The number of rotatable bonds is 16. The van der Waals surface area contributed by atoms with Crippen LogP contribution in [-0.2, 0) is 48.5 Å². The number of amides is 1. The molecular formula is C29H24N4O17S4. The molecule has 0 unspecified atom stereocenters. The lowest BCUT2D eigenvalue weighted by Gasteiger charge is -2.15. The van der Waals surface area contributed by atoms with Crippen LogP contribution in [0.5, 0.6) is 5.88 Å². The molecule has 2 aromatic carbocycles. The van der Waals surface area contributed by atoms with Crippen molar-refractivity contribution in [2.75, 3.05) is 11.6 Å². The van der Waals surface area contributed by atoms with Crippen LogP contribution in [0.3, 0.4) is 0 Å². The summed E-state index contributed by atoms with van der Waals surface area (Å²) in [6, 6.07) is 6.37. The van der Waals surface area contributed by atoms with Crippen LogP contribution in [0.4, 0.5) is 5.69 Å². The highest BCUT2D eigenvalue weighted by Gasteiger charge is 2.34. The van der Waals surface area contributed by atoms with Gasteiger partial charge in [-0.2, -0.15) is 36.7 Å². The fraction of sp³-hybridized carbons (Fsp3) is 0.103. The zero-order valence-electron chi connectivity index (χ0n) is 26.9. The molecule has 0 atom stereocenters. The molecule has 0 aliphatic carbocycles. The summed E-state index contributed by atoms with van der Waals surface area (Å²) in [4.78, 5) is 25.1. The van der Waals surface area contributed by atoms with E-state index in [0.29, 0.717) is 33.8 Å². The number of nitrogens with zero attached hydrogens (tertiary/aromatic N) is 4. The van der Waals surface area contributed by atoms with E-state index in [1.807, 2.05) is 0 Å². The number of aromatic nitrogens is 2. The monoisotopic (exact) mass is 828 g/mol. The van der Waals surface area contributed by atoms with Gasteiger partial charge in [0.25, 0.3) is 26.1 Å². The van der Waals surface area contributed by atoms with E-state index in [4.69, 9.17) is 20.4 Å². The zero-order valence-corrected chi connectivity index (χ0v) is 30.1. The molecule has 0 saturated carbocycles. The molecule has 1 aliphatic heterocycles. The maximum Gasteiger partial charge on any atom is 0.359 e. The van der Waals surface area contributed by atoms with Gasteiger partial charge in [0.15, 0.2) is 5.69 Å². The third kappa shape index (κ3) is 9.91. The number of carbonyl (C=O) groups excluding carboxylic acids is 2. The fourth-order valence-electron chi connectivity index (χ4n) is 4.48. The highest BCUT2D eigenvalue weighted by atomic mass is 32.2. The highest BCUT2D eigenvalue weighted by molar-refractivity contribution is 7.94. The molecule has 6 N–H and O–H groups in total. The molecule has 286 valence electrons. The first-order valence-corrected chi connectivity index (χ1v) is 18.6. The van der Waals surface area contributed by atoms with Crippen molar-refractivity contribution in [2.45, 2.75) is 32.9 Å². The number of hydrazone groups is 1. The maximum atomic E-state index is 13.5. The Balaban J connectivity index is 1.74. The minimum absolute atomic E-state index is 0.0426. The number of aromatic hydroxyl groups is 1. The molecule has 1 aliphatic rings. The number of aliphatic hydroxyl groups is 1. The van der Waals surface area contributed by atoms with E-state index < -0.39 is 64.9 Å². The molecule has 0 fully saturated rings. The Morgan fingerprint density at radius 1 is 0.926 bits per heavy atom. The standard InChI is InChI=1S/C29H24N4O17S4/c1-2-46-29(37)26-20(28(36)33(31-26)23-16-18(52-50-48-39)11-13-25(23)54(43,44)45)8-5-3-4-7-19-21(9-6-14-34)30-32(27(19)35)22-15-17(51-49-47-38)10-12-24(22)53(40,41)42/h3-5,7-8,10-13,15-16,34,36,38-39H,2,9H2,1H3,(H,40,41,42)(H,43,44,45)/b4-3?,8-5?,19-7-. The van der Waals surface area contributed by atoms with Crippen LogP contribution in [0, 0.1) is 12.0 Å². The smallest absolute Gasteiger partial charge is 0.359 e. The normalized spacial score (nSPS) is 14.2. The summed E-state index contributed by atoms with van der Waals surface area (Å²) in [5, 5.41) is 52.9. The summed E-state index contributed by atoms with van der Waals surface area (Å²) in [5.41, 5.74) is -1.84. The van der Waals surface area contributed by atoms with Gasteiger partial charge < -0.3 is 14.9 Å². The van der Waals surface area contributed by atoms with Crippen LogP contribution in [-0.4, -0.2) is 80.6 Å². The quantitative estimate of drug-likeness (QED) is 0.0175. The van der Waals surface area contributed by atoms with Gasteiger partial charge in [0.05, 0.1) is 65.3 Å². The maximum absolute atomic E-state index is 13.5. The minimum Gasteiger partial charge on any atom is -0.493 e. The van der Waals surface area contributed by atoms with Crippen LogP contribution in [0.2, 0.25) is 0 Å². The van der Waals surface area contributed by atoms with Gasteiger partial charge in [0.2, 0.25) is 5.88 Å². The number of carbonyl (C=O) groups is 2. The zero-order chi connectivity index (χ0) is 39.6. The number of benzene rings is 2. The molecule has 0 saturated heterocycles. The summed E-state index contributed by atoms with van der Waals surface area (Å²) >= 11 is 0.839. The van der Waals surface area contributed by atoms with E-state index in [2.05, 4.69) is 34.9 Å². The van der Waals surface area contributed by atoms with Crippen molar-refractivity contribution in [3.63, 3.8) is 0 Å². The van der Waals surface area contributed by atoms with E-state index in [-0.39, 0.29) is 39.7 Å². The van der Waals surface area contributed by atoms with Crippen molar-refractivity contribution >= 4 is 73.7 Å². The third-order valence-corrected chi connectivity index (χ3v) is 9.55. The van der Waals surface area contributed by atoms with E-state index >= 15 is 0 Å². The molecule has 54 heavy (non-hydrogen) atoms. The van der Waals surface area contributed by atoms with Gasteiger partial charge >= 0.3 is 5.97 Å². The Bertz CT molecular complexity index is 2340. The number of ether oxygens (including phenoxy) is 1. The summed E-state index contributed by atoms with van der Waals surface area (Å²) in [6.07, 6.45) is 7.64. The average molecular weight is 829 g/mol. The highest BCUT2D eigenvalue weighted by Crippen LogP contribution is 2.36. The minimum atomic E-state index is -4.94. The van der Waals surface area contributed by atoms with Crippen molar-refractivity contribution in [2.24, 2.45) is 5.10 Å². The van der Waals surface area contributed by atoms with Crippen LogP contribution < -0.4 is 5.01 Å². The SMILES string of the molecule is CCOC(=O)c1nn(-c2cc(SOOO)ccc2S(=O)(=O)O)c(O)c1C=CC=C/C=C1\C(=O)N(c2cc(SOOO)ccc2S(=O)(=O)O)N=C1CC#CO. The molecule has 2 heterocycles. The lowest BCUT2D eigenvalue weighted by molar-refractivity contribution is -0.432. The van der Waals surface area contributed by atoms with E-state index in [1.54, 1.807) is 6.11 Å². The lowest BCUT2D eigenvalue weighted by atomic mass is 10.1. The van der Waals surface area contributed by atoms with Gasteiger partial charge in [-0.3, -0.25) is 13.9 Å². The van der Waals surface area contributed by atoms with E-state index in [9.17, 15) is 40.6 Å². The molecule has 3 aromatic rings. The van der Waals surface area contributed by atoms with Crippen molar-refractivity contribution in [3.8, 4) is 23.6 Å². The number of anilines is 1. The Labute approximate surface area is 313 Å². The molecule has 4 rings (SSSR count). The second kappa shape index (κ2) is 18.3. The van der Waals surface area contributed by atoms with Crippen LogP contribution in [0.1, 0.15) is 29.4 Å². The number of hydrogen-bond acceptors (Lipinski definition) is 19. The summed E-state index contributed by atoms with van der Waals surface area (Å²) in [7, 11) is -9.85. The first-order valence-electron chi connectivity index (χ1n) is 14.3. The molecule has 1 aromatic heterocycles. The molecule has 0 radical (unpaired) electrons. The third-order valence-electron chi connectivity index (χ3n) is 6.60. The van der Waals surface area contributed by atoms with Gasteiger partial charge in [-0.15, -0.1) is 8.67 Å². The largest absolute Gasteiger partial charge is 0.493 e. The molecule has 21 nitrogen and oxygen atoms in total. The van der Waals surface area contributed by atoms with Gasteiger partial charge in [0, 0.05) is 9.79 Å².